The maximum absolute atomic E-state index is 12.9. The zero-order chi connectivity index (χ0) is 22.5. The predicted molar refractivity (Wildman–Crippen MR) is 126 cm³/mol. The van der Waals surface area contributed by atoms with Gasteiger partial charge < -0.3 is 0 Å². The Morgan fingerprint density at radius 3 is 2.62 bits per heavy atom. The van der Waals surface area contributed by atoms with Gasteiger partial charge in [-0.3, -0.25) is 29.8 Å². The number of carbonyl (C=O) groups is 2. The van der Waals surface area contributed by atoms with E-state index in [2.05, 4.69) is 15.8 Å². The van der Waals surface area contributed by atoms with Gasteiger partial charge in [0.2, 0.25) is 5.91 Å². The van der Waals surface area contributed by atoms with E-state index in [9.17, 15) is 14.4 Å². The van der Waals surface area contributed by atoms with Crippen LogP contribution in [0.1, 0.15) is 47.4 Å². The number of hydrogen-bond donors (Lipinski definition) is 2. The highest BCUT2D eigenvalue weighted by atomic mass is 32.2. The molecule has 8 heteroatoms. The first kappa shape index (κ1) is 22.1. The van der Waals surface area contributed by atoms with E-state index in [0.717, 1.165) is 48.4 Å². The van der Waals surface area contributed by atoms with E-state index in [0.29, 0.717) is 23.0 Å². The van der Waals surface area contributed by atoms with E-state index in [1.165, 1.54) is 11.8 Å². The molecule has 0 bridgehead atoms. The summed E-state index contributed by atoms with van der Waals surface area (Å²) < 4.78 is 1.77. The van der Waals surface area contributed by atoms with Crippen molar-refractivity contribution in [1.29, 1.82) is 0 Å². The van der Waals surface area contributed by atoms with Crippen molar-refractivity contribution in [3.05, 3.63) is 69.8 Å². The molecule has 166 valence electrons. The van der Waals surface area contributed by atoms with Gasteiger partial charge in [0, 0.05) is 23.4 Å². The van der Waals surface area contributed by atoms with Gasteiger partial charge in [0.25, 0.3) is 11.5 Å². The van der Waals surface area contributed by atoms with Gasteiger partial charge in [0.05, 0.1) is 16.7 Å². The number of hydrogen-bond acceptors (Lipinski definition) is 5. The number of aromatic nitrogens is 2. The van der Waals surface area contributed by atoms with Gasteiger partial charge in [-0.15, -0.1) is 11.8 Å². The van der Waals surface area contributed by atoms with Crippen molar-refractivity contribution >= 4 is 34.5 Å². The molecular formula is C24H26N4O3S. The molecule has 0 atom stereocenters. The molecule has 0 aliphatic carbocycles. The molecule has 3 aromatic rings. The van der Waals surface area contributed by atoms with Gasteiger partial charge >= 0.3 is 0 Å². The summed E-state index contributed by atoms with van der Waals surface area (Å²) in [7, 11) is 0. The molecular weight excluding hydrogens is 424 g/mol. The summed E-state index contributed by atoms with van der Waals surface area (Å²) in [5, 5.41) is 0.504. The van der Waals surface area contributed by atoms with Gasteiger partial charge in [-0.2, -0.15) is 0 Å². The summed E-state index contributed by atoms with van der Waals surface area (Å²) in [4.78, 5) is 43.2. The van der Waals surface area contributed by atoms with Crippen molar-refractivity contribution in [2.45, 2.75) is 50.5 Å². The zero-order valence-corrected chi connectivity index (χ0v) is 18.8. The minimum atomic E-state index is -0.450. The van der Waals surface area contributed by atoms with Gasteiger partial charge in [0.1, 0.15) is 5.82 Å². The van der Waals surface area contributed by atoms with Crippen LogP contribution in [0.25, 0.3) is 10.9 Å². The normalized spacial score (nSPS) is 13.7. The maximum atomic E-state index is 12.9. The van der Waals surface area contributed by atoms with E-state index >= 15 is 0 Å². The van der Waals surface area contributed by atoms with Crippen LogP contribution in [0.15, 0.2) is 52.2 Å². The number of aryl methyl sites for hydroxylation is 2. The van der Waals surface area contributed by atoms with Gasteiger partial charge in [-0.25, -0.2) is 4.98 Å². The largest absolute Gasteiger partial charge is 0.296 e. The van der Waals surface area contributed by atoms with Gasteiger partial charge in [-0.1, -0.05) is 30.5 Å². The second-order valence-electron chi connectivity index (χ2n) is 7.98. The standard InChI is InChI=1S/C24H26N4O3S/c1-16-7-10-18(11-8-16)32-15-22(29)26-27-23(30)17-9-12-19-20(14-17)25-21-6-4-2-3-5-13-28(21)24(19)31/h7-12,14H,2-6,13,15H2,1H3,(H,26,29)(H,27,30). The molecule has 0 radical (unpaired) electrons. The monoisotopic (exact) mass is 450 g/mol. The number of rotatable bonds is 4. The number of nitrogens with zero attached hydrogens (tertiary/aromatic N) is 2. The summed E-state index contributed by atoms with van der Waals surface area (Å²) in [6, 6.07) is 12.7. The first-order chi connectivity index (χ1) is 15.5. The Labute approximate surface area is 190 Å². The third-order valence-electron chi connectivity index (χ3n) is 5.54. The highest BCUT2D eigenvalue weighted by Gasteiger charge is 2.15. The molecule has 32 heavy (non-hydrogen) atoms. The van der Waals surface area contributed by atoms with Crippen molar-refractivity contribution in [2.24, 2.45) is 0 Å². The summed E-state index contributed by atoms with van der Waals surface area (Å²) >= 11 is 1.39. The van der Waals surface area contributed by atoms with Crippen LogP contribution in [-0.4, -0.2) is 27.1 Å². The molecule has 2 amide bonds. The van der Waals surface area contributed by atoms with E-state index in [4.69, 9.17) is 0 Å². The number of hydrazine groups is 1. The van der Waals surface area contributed by atoms with E-state index in [-0.39, 0.29) is 17.2 Å². The Bertz CT molecular complexity index is 1200. The van der Waals surface area contributed by atoms with Crippen molar-refractivity contribution in [1.82, 2.24) is 20.4 Å². The fraction of sp³-hybridized carbons (Fsp3) is 0.333. The van der Waals surface area contributed by atoms with E-state index < -0.39 is 5.91 Å². The smallest absolute Gasteiger partial charge is 0.269 e. The van der Waals surface area contributed by atoms with Crippen LogP contribution in [0.3, 0.4) is 0 Å². The third kappa shape index (κ3) is 5.19. The Hall–Kier alpha value is -3.13. The molecule has 1 aromatic heterocycles. The van der Waals surface area contributed by atoms with Crippen molar-refractivity contribution < 1.29 is 9.59 Å². The van der Waals surface area contributed by atoms with Crippen LogP contribution < -0.4 is 16.4 Å². The molecule has 0 saturated heterocycles. The third-order valence-corrected chi connectivity index (χ3v) is 6.55. The molecule has 2 aromatic carbocycles. The SMILES string of the molecule is Cc1ccc(SCC(=O)NNC(=O)c2ccc3c(=O)n4c(nc3c2)CCCCCC4)cc1. The maximum Gasteiger partial charge on any atom is 0.269 e. The average Bonchev–Trinajstić information content (AvgIpc) is 2.78. The molecule has 0 spiro atoms. The fourth-order valence-electron chi connectivity index (χ4n) is 3.75. The molecule has 2 N–H and O–H groups in total. The molecule has 7 nitrogen and oxygen atoms in total. The number of amides is 2. The number of fused-ring (bicyclic) bond motifs is 2. The Morgan fingerprint density at radius 2 is 1.81 bits per heavy atom. The lowest BCUT2D eigenvalue weighted by Crippen LogP contribution is -2.42. The lowest BCUT2D eigenvalue weighted by Gasteiger charge is -2.16. The highest BCUT2D eigenvalue weighted by Crippen LogP contribution is 2.18. The van der Waals surface area contributed by atoms with Crippen molar-refractivity contribution in [3.8, 4) is 0 Å². The van der Waals surface area contributed by atoms with Crippen LogP contribution >= 0.6 is 11.8 Å². The molecule has 0 saturated carbocycles. The number of nitrogens with one attached hydrogen (secondary N) is 2. The van der Waals surface area contributed by atoms with E-state index in [1.807, 2.05) is 31.2 Å². The Kier molecular flexibility index (Phi) is 6.90. The van der Waals surface area contributed by atoms with Crippen LogP contribution in [-0.2, 0) is 17.8 Å². The second kappa shape index (κ2) is 9.99. The summed E-state index contributed by atoms with van der Waals surface area (Å²) in [5.74, 6) is 0.212. The minimum Gasteiger partial charge on any atom is -0.296 e. The van der Waals surface area contributed by atoms with E-state index in [1.54, 1.807) is 22.8 Å². The number of carbonyl (C=O) groups excluding carboxylic acids is 2. The van der Waals surface area contributed by atoms with Crippen LogP contribution in [0.5, 0.6) is 0 Å². The molecule has 0 unspecified atom stereocenters. The molecule has 4 rings (SSSR count). The molecule has 1 aliphatic rings. The quantitative estimate of drug-likeness (QED) is 0.470. The highest BCUT2D eigenvalue weighted by molar-refractivity contribution is 8.00. The van der Waals surface area contributed by atoms with Crippen LogP contribution in [0, 0.1) is 6.92 Å². The molecule has 2 heterocycles. The van der Waals surface area contributed by atoms with Crippen LogP contribution in [0.4, 0.5) is 0 Å². The Balaban J connectivity index is 1.41. The number of thioether (sulfide) groups is 1. The fourth-order valence-corrected chi connectivity index (χ4v) is 4.45. The molecule has 0 fully saturated rings. The number of benzene rings is 2. The molecule has 1 aliphatic heterocycles. The van der Waals surface area contributed by atoms with Crippen LogP contribution in [0.2, 0.25) is 0 Å². The Morgan fingerprint density at radius 1 is 1.03 bits per heavy atom. The van der Waals surface area contributed by atoms with Crippen molar-refractivity contribution in [2.75, 3.05) is 5.75 Å². The minimum absolute atomic E-state index is 0.0553. The first-order valence-electron chi connectivity index (χ1n) is 10.8. The summed E-state index contributed by atoms with van der Waals surface area (Å²) in [6.07, 6.45) is 5.00. The summed E-state index contributed by atoms with van der Waals surface area (Å²) in [5.41, 5.74) is 6.83. The topological polar surface area (TPSA) is 93.1 Å². The lowest BCUT2D eigenvalue weighted by atomic mass is 10.1. The van der Waals surface area contributed by atoms with Gasteiger partial charge in [-0.05, 0) is 50.1 Å². The first-order valence-corrected chi connectivity index (χ1v) is 11.8. The lowest BCUT2D eigenvalue weighted by molar-refractivity contribution is -0.119. The predicted octanol–water partition coefficient (Wildman–Crippen LogP) is 3.37. The zero-order valence-electron chi connectivity index (χ0n) is 18.0. The average molecular weight is 451 g/mol. The van der Waals surface area contributed by atoms with Crippen molar-refractivity contribution in [3.63, 3.8) is 0 Å². The summed E-state index contributed by atoms with van der Waals surface area (Å²) in [6.45, 7) is 2.69. The van der Waals surface area contributed by atoms with Gasteiger partial charge in [0.15, 0.2) is 0 Å². The second-order valence-corrected chi connectivity index (χ2v) is 9.03.